The largest absolute Gasteiger partial charge is 0.490 e. The van der Waals surface area contributed by atoms with Gasteiger partial charge < -0.3 is 14.5 Å². The lowest BCUT2D eigenvalue weighted by Crippen LogP contribution is -3.27. The molecule has 1 fully saturated rings. The Morgan fingerprint density at radius 3 is 2.25 bits per heavy atom. The standard InChI is InChI=1S/C20H25FN2O/c21-19-9-4-5-10-20(19)24-16-6-11-22-12-14-23(15-13-22)17-18-7-2-1-3-8-18/h1-5,7-10H,6,11-17H2/p+2. The lowest BCUT2D eigenvalue weighted by Gasteiger charge is -2.29. The molecule has 0 radical (unpaired) electrons. The van der Waals surface area contributed by atoms with Gasteiger partial charge in [-0.25, -0.2) is 4.39 Å². The third kappa shape index (κ3) is 5.05. The second-order valence-electron chi connectivity index (χ2n) is 6.54. The van der Waals surface area contributed by atoms with Gasteiger partial charge in [-0.1, -0.05) is 42.5 Å². The van der Waals surface area contributed by atoms with Crippen molar-refractivity contribution in [1.82, 2.24) is 0 Å². The van der Waals surface area contributed by atoms with Crippen molar-refractivity contribution in [2.24, 2.45) is 0 Å². The highest BCUT2D eigenvalue weighted by molar-refractivity contribution is 5.23. The van der Waals surface area contributed by atoms with Crippen LogP contribution < -0.4 is 14.5 Å². The van der Waals surface area contributed by atoms with Crippen LogP contribution in [0, 0.1) is 5.82 Å². The minimum absolute atomic E-state index is 0.275. The number of para-hydroxylation sites is 1. The zero-order valence-corrected chi connectivity index (χ0v) is 14.1. The molecule has 1 saturated heterocycles. The van der Waals surface area contributed by atoms with E-state index >= 15 is 0 Å². The zero-order valence-electron chi connectivity index (χ0n) is 14.1. The Kier molecular flexibility index (Phi) is 6.21. The number of nitrogens with one attached hydrogen (secondary N) is 2. The minimum Gasteiger partial charge on any atom is -0.490 e. The highest BCUT2D eigenvalue weighted by Gasteiger charge is 2.22. The summed E-state index contributed by atoms with van der Waals surface area (Å²) in [6, 6.07) is 17.4. The molecule has 1 aliphatic rings. The maximum Gasteiger partial charge on any atom is 0.165 e. The van der Waals surface area contributed by atoms with Crippen LogP contribution in [0.2, 0.25) is 0 Å². The first-order valence-electron chi connectivity index (χ1n) is 8.89. The van der Waals surface area contributed by atoms with Gasteiger partial charge in [-0.2, -0.15) is 0 Å². The zero-order chi connectivity index (χ0) is 16.6. The molecule has 3 rings (SSSR count). The number of piperazine rings is 1. The van der Waals surface area contributed by atoms with E-state index in [1.54, 1.807) is 28.0 Å². The molecule has 128 valence electrons. The summed E-state index contributed by atoms with van der Waals surface area (Å²) in [6.07, 6.45) is 0.970. The van der Waals surface area contributed by atoms with Crippen LogP contribution in [0.4, 0.5) is 4.39 Å². The molecule has 0 aliphatic carbocycles. The monoisotopic (exact) mass is 330 g/mol. The van der Waals surface area contributed by atoms with Crippen molar-refractivity contribution in [3.63, 3.8) is 0 Å². The molecule has 2 aromatic rings. The fraction of sp³-hybridized carbons (Fsp3) is 0.400. The van der Waals surface area contributed by atoms with Crippen LogP contribution >= 0.6 is 0 Å². The Labute approximate surface area is 143 Å². The van der Waals surface area contributed by atoms with Crippen LogP contribution in [0.3, 0.4) is 0 Å². The van der Waals surface area contributed by atoms with Gasteiger partial charge in [0.05, 0.1) is 13.2 Å². The fourth-order valence-corrected chi connectivity index (χ4v) is 3.33. The lowest BCUT2D eigenvalue weighted by molar-refractivity contribution is -1.02. The second kappa shape index (κ2) is 8.81. The van der Waals surface area contributed by atoms with Crippen molar-refractivity contribution in [3.05, 3.63) is 66.0 Å². The molecule has 2 aromatic carbocycles. The molecule has 3 nitrogen and oxygen atoms in total. The lowest BCUT2D eigenvalue weighted by atomic mass is 10.2. The molecule has 0 saturated carbocycles. The molecular formula is C20H27FN2O+2. The molecule has 0 amide bonds. The number of hydrogen-bond acceptors (Lipinski definition) is 1. The maximum atomic E-state index is 13.5. The van der Waals surface area contributed by atoms with E-state index < -0.39 is 0 Å². The molecule has 4 heteroatoms. The molecule has 0 atom stereocenters. The number of quaternary nitrogens is 2. The van der Waals surface area contributed by atoms with E-state index in [1.807, 2.05) is 0 Å². The maximum absolute atomic E-state index is 13.5. The molecule has 0 bridgehead atoms. The van der Waals surface area contributed by atoms with E-state index in [1.165, 1.54) is 37.8 Å². The van der Waals surface area contributed by atoms with E-state index in [-0.39, 0.29) is 5.82 Å². The molecule has 0 unspecified atom stereocenters. The van der Waals surface area contributed by atoms with Crippen molar-refractivity contribution >= 4 is 0 Å². The quantitative estimate of drug-likeness (QED) is 0.711. The summed E-state index contributed by atoms with van der Waals surface area (Å²) in [6.45, 7) is 7.68. The van der Waals surface area contributed by atoms with Gasteiger partial charge in [-0.15, -0.1) is 0 Å². The third-order valence-electron chi connectivity index (χ3n) is 4.73. The van der Waals surface area contributed by atoms with E-state index in [0.717, 1.165) is 19.5 Å². The van der Waals surface area contributed by atoms with Crippen LogP contribution in [0.1, 0.15) is 12.0 Å². The Morgan fingerprint density at radius 1 is 0.833 bits per heavy atom. The van der Waals surface area contributed by atoms with Crippen molar-refractivity contribution in [3.8, 4) is 5.75 Å². The van der Waals surface area contributed by atoms with Gasteiger partial charge >= 0.3 is 0 Å². The van der Waals surface area contributed by atoms with Gasteiger partial charge in [0.25, 0.3) is 0 Å². The molecule has 24 heavy (non-hydrogen) atoms. The smallest absolute Gasteiger partial charge is 0.165 e. The highest BCUT2D eigenvalue weighted by atomic mass is 19.1. The van der Waals surface area contributed by atoms with Gasteiger partial charge in [0.2, 0.25) is 0 Å². The van der Waals surface area contributed by atoms with Gasteiger partial charge in [-0.05, 0) is 12.1 Å². The van der Waals surface area contributed by atoms with Crippen LogP contribution in [0.15, 0.2) is 54.6 Å². The van der Waals surface area contributed by atoms with Crippen molar-refractivity contribution in [2.45, 2.75) is 13.0 Å². The number of hydrogen-bond donors (Lipinski definition) is 2. The Hall–Kier alpha value is -1.91. The molecule has 2 N–H and O–H groups in total. The van der Waals surface area contributed by atoms with E-state index in [9.17, 15) is 4.39 Å². The Balaban J connectivity index is 1.32. The number of rotatable bonds is 7. The topological polar surface area (TPSA) is 18.1 Å². The van der Waals surface area contributed by atoms with Gasteiger partial charge in [0.1, 0.15) is 32.7 Å². The molecule has 1 heterocycles. The molecule has 0 aromatic heterocycles. The predicted molar refractivity (Wildman–Crippen MR) is 92.9 cm³/mol. The van der Waals surface area contributed by atoms with Crippen LogP contribution in [-0.2, 0) is 6.54 Å². The summed E-state index contributed by atoms with van der Waals surface area (Å²) in [7, 11) is 0. The van der Waals surface area contributed by atoms with E-state index in [2.05, 4.69) is 30.3 Å². The van der Waals surface area contributed by atoms with Crippen LogP contribution in [0.25, 0.3) is 0 Å². The number of benzene rings is 2. The summed E-state index contributed by atoms with van der Waals surface area (Å²) in [5.41, 5.74) is 1.43. The van der Waals surface area contributed by atoms with E-state index in [0.29, 0.717) is 12.4 Å². The molecule has 1 aliphatic heterocycles. The summed E-state index contributed by atoms with van der Waals surface area (Å²) in [5.74, 6) is 0.0904. The first-order valence-corrected chi connectivity index (χ1v) is 8.89. The predicted octanol–water partition coefficient (Wildman–Crippen LogP) is 0.578. The summed E-state index contributed by atoms with van der Waals surface area (Å²) >= 11 is 0. The van der Waals surface area contributed by atoms with Crippen molar-refractivity contribution < 1.29 is 18.9 Å². The van der Waals surface area contributed by atoms with Crippen LogP contribution in [-0.4, -0.2) is 39.3 Å². The van der Waals surface area contributed by atoms with Crippen molar-refractivity contribution in [1.29, 1.82) is 0 Å². The fourth-order valence-electron chi connectivity index (χ4n) is 3.33. The average molecular weight is 330 g/mol. The number of ether oxygens (including phenoxy) is 1. The first kappa shape index (κ1) is 16.9. The summed E-state index contributed by atoms with van der Waals surface area (Å²) in [4.78, 5) is 3.32. The second-order valence-corrected chi connectivity index (χ2v) is 6.54. The number of halogens is 1. The third-order valence-corrected chi connectivity index (χ3v) is 4.73. The van der Waals surface area contributed by atoms with Crippen molar-refractivity contribution in [2.75, 3.05) is 39.3 Å². The Bertz CT molecular complexity index is 612. The summed E-state index contributed by atoms with van der Waals surface area (Å²) in [5, 5.41) is 0. The average Bonchev–Trinajstić information content (AvgIpc) is 2.62. The minimum atomic E-state index is -0.275. The van der Waals surface area contributed by atoms with Gasteiger partial charge in [0, 0.05) is 12.0 Å². The SMILES string of the molecule is Fc1ccccc1OCCC[NH+]1CC[NH+](Cc2ccccc2)CC1. The highest BCUT2D eigenvalue weighted by Crippen LogP contribution is 2.15. The van der Waals surface area contributed by atoms with Gasteiger partial charge in [0.15, 0.2) is 11.6 Å². The normalized spacial score (nSPS) is 20.7. The summed E-state index contributed by atoms with van der Waals surface area (Å²) < 4.78 is 19.0. The first-order chi connectivity index (χ1) is 11.8. The van der Waals surface area contributed by atoms with Crippen LogP contribution in [0.5, 0.6) is 5.75 Å². The van der Waals surface area contributed by atoms with E-state index in [4.69, 9.17) is 4.74 Å². The van der Waals surface area contributed by atoms with Gasteiger partial charge in [-0.3, -0.25) is 0 Å². The Morgan fingerprint density at radius 2 is 1.50 bits per heavy atom. The molecule has 0 spiro atoms. The molecular weight excluding hydrogens is 303 g/mol.